The van der Waals surface area contributed by atoms with E-state index in [4.69, 9.17) is 0 Å². The van der Waals surface area contributed by atoms with Gasteiger partial charge in [0.2, 0.25) is 0 Å². The quantitative estimate of drug-likeness (QED) is 0.868. The van der Waals surface area contributed by atoms with Gasteiger partial charge in [-0.2, -0.15) is 10.2 Å². The van der Waals surface area contributed by atoms with Crippen LogP contribution in [-0.2, 0) is 0 Å². The number of amides is 1. The van der Waals surface area contributed by atoms with Crippen LogP contribution in [0.25, 0.3) is 0 Å². The van der Waals surface area contributed by atoms with Crippen molar-refractivity contribution in [3.8, 4) is 0 Å². The third-order valence-electron chi connectivity index (χ3n) is 3.60. The standard InChI is InChI=1S/C13H18N6O/c1-8-7-10(17-15-8)13(20)19-6-4-3-5-11(19)12-14-9(2)16-18-12/h7,11H,3-6H2,1-2H3,(H,15,17)(H,14,16,18)/t11-/m1/s1. The number of piperidine rings is 1. The third-order valence-corrected chi connectivity index (χ3v) is 3.60. The van der Waals surface area contributed by atoms with Gasteiger partial charge in [0.15, 0.2) is 5.82 Å². The van der Waals surface area contributed by atoms with E-state index >= 15 is 0 Å². The van der Waals surface area contributed by atoms with Crippen LogP contribution < -0.4 is 0 Å². The molecule has 1 aliphatic rings. The molecule has 1 amide bonds. The minimum Gasteiger partial charge on any atom is -0.327 e. The van der Waals surface area contributed by atoms with Gasteiger partial charge < -0.3 is 4.90 Å². The van der Waals surface area contributed by atoms with Gasteiger partial charge in [-0.05, 0) is 39.2 Å². The number of nitrogens with zero attached hydrogens (tertiary/aromatic N) is 4. The number of carbonyl (C=O) groups excluding carboxylic acids is 1. The maximum absolute atomic E-state index is 12.6. The molecule has 1 atom stereocenters. The average molecular weight is 274 g/mol. The Morgan fingerprint density at radius 2 is 2.15 bits per heavy atom. The minimum absolute atomic E-state index is 0.0542. The van der Waals surface area contributed by atoms with Crippen molar-refractivity contribution >= 4 is 5.91 Å². The van der Waals surface area contributed by atoms with Crippen molar-refractivity contribution in [2.45, 2.75) is 39.2 Å². The highest BCUT2D eigenvalue weighted by Gasteiger charge is 2.32. The number of aromatic nitrogens is 5. The minimum atomic E-state index is -0.0572. The summed E-state index contributed by atoms with van der Waals surface area (Å²) in [6.45, 7) is 4.47. The van der Waals surface area contributed by atoms with Gasteiger partial charge in [-0.1, -0.05) is 0 Å². The van der Waals surface area contributed by atoms with Crippen molar-refractivity contribution in [3.05, 3.63) is 29.1 Å². The fourth-order valence-electron chi connectivity index (χ4n) is 2.63. The molecule has 0 radical (unpaired) electrons. The lowest BCUT2D eigenvalue weighted by Crippen LogP contribution is -2.39. The van der Waals surface area contributed by atoms with Crippen molar-refractivity contribution in [2.24, 2.45) is 0 Å². The van der Waals surface area contributed by atoms with Crippen LogP contribution in [-0.4, -0.2) is 42.7 Å². The zero-order valence-corrected chi connectivity index (χ0v) is 11.7. The Hall–Kier alpha value is -2.18. The summed E-state index contributed by atoms with van der Waals surface area (Å²) in [5.74, 6) is 1.41. The Kier molecular flexibility index (Phi) is 3.25. The Balaban J connectivity index is 1.87. The number of aryl methyl sites for hydroxylation is 2. The normalized spacial score (nSPS) is 19.3. The molecule has 7 nitrogen and oxygen atoms in total. The molecule has 0 unspecified atom stereocenters. The topological polar surface area (TPSA) is 90.6 Å². The van der Waals surface area contributed by atoms with E-state index in [9.17, 15) is 4.79 Å². The average Bonchev–Trinajstić information content (AvgIpc) is 3.07. The zero-order chi connectivity index (χ0) is 14.1. The first-order valence-corrected chi connectivity index (χ1v) is 6.87. The molecule has 1 fully saturated rings. The van der Waals surface area contributed by atoms with Gasteiger partial charge in [0.1, 0.15) is 11.5 Å². The smallest absolute Gasteiger partial charge is 0.274 e. The van der Waals surface area contributed by atoms with Gasteiger partial charge in [-0.25, -0.2) is 4.98 Å². The van der Waals surface area contributed by atoms with Crippen molar-refractivity contribution in [2.75, 3.05) is 6.54 Å². The van der Waals surface area contributed by atoms with E-state index in [0.717, 1.165) is 37.3 Å². The molecule has 0 aliphatic carbocycles. The number of nitrogens with one attached hydrogen (secondary N) is 2. The fourth-order valence-corrected chi connectivity index (χ4v) is 2.63. The van der Waals surface area contributed by atoms with Crippen molar-refractivity contribution in [1.82, 2.24) is 30.3 Å². The molecule has 3 rings (SSSR count). The summed E-state index contributed by atoms with van der Waals surface area (Å²) in [6, 6.07) is 1.72. The first-order valence-electron chi connectivity index (χ1n) is 6.87. The van der Waals surface area contributed by atoms with Gasteiger partial charge in [0.25, 0.3) is 5.91 Å². The van der Waals surface area contributed by atoms with E-state index < -0.39 is 0 Å². The molecule has 0 bridgehead atoms. The third kappa shape index (κ3) is 2.31. The lowest BCUT2D eigenvalue weighted by atomic mass is 10.0. The summed E-state index contributed by atoms with van der Waals surface area (Å²) in [5.41, 5.74) is 1.34. The maximum atomic E-state index is 12.6. The highest BCUT2D eigenvalue weighted by Crippen LogP contribution is 2.29. The summed E-state index contributed by atoms with van der Waals surface area (Å²) in [7, 11) is 0. The second kappa shape index (κ2) is 5.07. The molecular weight excluding hydrogens is 256 g/mol. The van der Waals surface area contributed by atoms with E-state index in [1.165, 1.54) is 0 Å². The molecule has 2 aromatic rings. The van der Waals surface area contributed by atoms with Gasteiger partial charge in [-0.3, -0.25) is 15.0 Å². The second-order valence-corrected chi connectivity index (χ2v) is 5.23. The van der Waals surface area contributed by atoms with Crippen LogP contribution in [0.4, 0.5) is 0 Å². The molecule has 2 N–H and O–H groups in total. The predicted molar refractivity (Wildman–Crippen MR) is 72.1 cm³/mol. The number of hydrogen-bond acceptors (Lipinski definition) is 4. The molecular formula is C13H18N6O. The lowest BCUT2D eigenvalue weighted by Gasteiger charge is -2.33. The molecule has 7 heteroatoms. The van der Waals surface area contributed by atoms with Crippen LogP contribution in [0.5, 0.6) is 0 Å². The maximum Gasteiger partial charge on any atom is 0.274 e. The molecule has 2 aromatic heterocycles. The first-order chi connectivity index (χ1) is 9.65. The molecule has 1 saturated heterocycles. The van der Waals surface area contributed by atoms with Gasteiger partial charge >= 0.3 is 0 Å². The Labute approximate surface area is 116 Å². The number of rotatable bonds is 2. The Bertz CT molecular complexity index is 616. The van der Waals surface area contributed by atoms with Gasteiger partial charge in [0, 0.05) is 12.2 Å². The van der Waals surface area contributed by atoms with Crippen molar-refractivity contribution in [1.29, 1.82) is 0 Å². The van der Waals surface area contributed by atoms with Crippen LogP contribution in [0.1, 0.15) is 53.1 Å². The highest BCUT2D eigenvalue weighted by molar-refractivity contribution is 5.92. The fraction of sp³-hybridized carbons (Fsp3) is 0.538. The summed E-state index contributed by atoms with van der Waals surface area (Å²) >= 11 is 0. The van der Waals surface area contributed by atoms with E-state index in [2.05, 4.69) is 25.4 Å². The summed E-state index contributed by atoms with van der Waals surface area (Å²) in [4.78, 5) is 18.8. The SMILES string of the molecule is Cc1cc(C(=O)N2CCCC[C@@H]2c2n[nH]c(C)n2)n[nH]1. The highest BCUT2D eigenvalue weighted by atomic mass is 16.2. The first kappa shape index (κ1) is 12.8. The van der Waals surface area contributed by atoms with Gasteiger partial charge in [0.05, 0.1) is 6.04 Å². The summed E-state index contributed by atoms with van der Waals surface area (Å²) in [5, 5.41) is 13.9. The summed E-state index contributed by atoms with van der Waals surface area (Å²) < 4.78 is 0. The molecule has 1 aliphatic heterocycles. The van der Waals surface area contributed by atoms with Gasteiger partial charge in [-0.15, -0.1) is 0 Å². The van der Waals surface area contributed by atoms with Crippen LogP contribution in [0, 0.1) is 13.8 Å². The Morgan fingerprint density at radius 3 is 2.80 bits per heavy atom. The molecule has 106 valence electrons. The molecule has 3 heterocycles. The zero-order valence-electron chi connectivity index (χ0n) is 11.7. The van der Waals surface area contributed by atoms with E-state index in [-0.39, 0.29) is 11.9 Å². The molecule has 0 saturated carbocycles. The van der Waals surface area contributed by atoms with Crippen molar-refractivity contribution < 1.29 is 4.79 Å². The number of aromatic amines is 2. The molecule has 0 spiro atoms. The van der Waals surface area contributed by atoms with Crippen LogP contribution in [0.3, 0.4) is 0 Å². The monoisotopic (exact) mass is 274 g/mol. The number of hydrogen-bond donors (Lipinski definition) is 2. The van der Waals surface area contributed by atoms with E-state index in [1.54, 1.807) is 6.07 Å². The van der Waals surface area contributed by atoms with Crippen LogP contribution >= 0.6 is 0 Å². The number of H-pyrrole nitrogens is 2. The largest absolute Gasteiger partial charge is 0.327 e. The summed E-state index contributed by atoms with van der Waals surface area (Å²) in [6.07, 6.45) is 2.99. The predicted octanol–water partition coefficient (Wildman–Crippen LogP) is 1.51. The van der Waals surface area contributed by atoms with E-state index in [1.807, 2.05) is 18.7 Å². The van der Waals surface area contributed by atoms with E-state index in [0.29, 0.717) is 11.5 Å². The number of likely N-dealkylation sites (tertiary alicyclic amines) is 1. The number of carbonyl (C=O) groups is 1. The molecule has 20 heavy (non-hydrogen) atoms. The van der Waals surface area contributed by atoms with Crippen molar-refractivity contribution in [3.63, 3.8) is 0 Å². The van der Waals surface area contributed by atoms with Crippen LogP contribution in [0.2, 0.25) is 0 Å². The lowest BCUT2D eigenvalue weighted by molar-refractivity contribution is 0.0594. The Morgan fingerprint density at radius 1 is 1.30 bits per heavy atom. The van der Waals surface area contributed by atoms with Crippen LogP contribution in [0.15, 0.2) is 6.07 Å². The molecule has 0 aromatic carbocycles. The second-order valence-electron chi connectivity index (χ2n) is 5.23.